The molecule has 0 unspecified atom stereocenters. The number of nitro groups is 1. The number of ether oxygens (including phenoxy) is 2. The maximum Gasteiger partial charge on any atom is 0.517 e. The lowest BCUT2D eigenvalue weighted by atomic mass is 10.2. The zero-order chi connectivity index (χ0) is 12.8. The topological polar surface area (TPSA) is 95.7 Å². The molecule has 0 spiro atoms. The molecule has 90 valence electrons. The Bertz CT molecular complexity index is 461. The van der Waals surface area contributed by atoms with E-state index in [1.54, 1.807) is 6.07 Å². The SMILES string of the molecule is O=C(Cl)OC(=O)OCc1ccccc1[N+](=O)[O-]. The standard InChI is InChI=1S/C9H6ClNO6/c10-8(12)17-9(13)16-5-6-3-1-2-4-7(6)11(14)15/h1-4H,5H2. The molecule has 1 rings (SSSR count). The van der Waals surface area contributed by atoms with E-state index >= 15 is 0 Å². The molecule has 0 radical (unpaired) electrons. The molecule has 0 N–H and O–H groups in total. The number of hydrogen-bond acceptors (Lipinski definition) is 6. The van der Waals surface area contributed by atoms with Crippen molar-refractivity contribution in [3.05, 3.63) is 39.9 Å². The normalized spacial score (nSPS) is 9.47. The van der Waals surface area contributed by atoms with Crippen molar-refractivity contribution >= 4 is 28.9 Å². The lowest BCUT2D eigenvalue weighted by molar-refractivity contribution is -0.385. The first-order valence-electron chi connectivity index (χ1n) is 4.27. The van der Waals surface area contributed by atoms with Gasteiger partial charge in [0.25, 0.3) is 5.69 Å². The van der Waals surface area contributed by atoms with Crippen LogP contribution in [0.25, 0.3) is 0 Å². The first-order valence-corrected chi connectivity index (χ1v) is 4.65. The Morgan fingerprint density at radius 3 is 2.59 bits per heavy atom. The van der Waals surface area contributed by atoms with Crippen molar-refractivity contribution in [1.29, 1.82) is 0 Å². The quantitative estimate of drug-likeness (QED) is 0.272. The second-order valence-corrected chi connectivity index (χ2v) is 3.07. The number of nitro benzene ring substituents is 1. The van der Waals surface area contributed by atoms with E-state index in [4.69, 9.17) is 11.6 Å². The van der Waals surface area contributed by atoms with Gasteiger partial charge in [-0.3, -0.25) is 10.1 Å². The van der Waals surface area contributed by atoms with Gasteiger partial charge in [0.2, 0.25) is 0 Å². The van der Waals surface area contributed by atoms with Gasteiger partial charge >= 0.3 is 11.6 Å². The predicted molar refractivity (Wildman–Crippen MR) is 55.6 cm³/mol. The average molecular weight is 260 g/mol. The number of rotatable bonds is 3. The Balaban J connectivity index is 2.66. The van der Waals surface area contributed by atoms with Crippen LogP contribution in [0, 0.1) is 10.1 Å². The lowest BCUT2D eigenvalue weighted by Crippen LogP contribution is -2.09. The van der Waals surface area contributed by atoms with Crippen LogP contribution >= 0.6 is 11.6 Å². The Kier molecular flexibility index (Phi) is 4.41. The molecule has 8 heteroatoms. The van der Waals surface area contributed by atoms with Gasteiger partial charge in [0.15, 0.2) is 0 Å². The second-order valence-electron chi connectivity index (χ2n) is 2.76. The number of hydrogen-bond donors (Lipinski definition) is 0. The van der Waals surface area contributed by atoms with Crippen molar-refractivity contribution in [2.75, 3.05) is 0 Å². The van der Waals surface area contributed by atoms with E-state index in [9.17, 15) is 19.7 Å². The summed E-state index contributed by atoms with van der Waals surface area (Å²) in [5.41, 5.74) is -1.36. The molecular formula is C9H6ClNO6. The summed E-state index contributed by atoms with van der Waals surface area (Å²) in [4.78, 5) is 31.0. The van der Waals surface area contributed by atoms with Crippen molar-refractivity contribution < 1.29 is 24.0 Å². The predicted octanol–water partition coefficient (Wildman–Crippen LogP) is 2.61. The van der Waals surface area contributed by atoms with Gasteiger partial charge in [-0.05, 0) is 6.07 Å². The van der Waals surface area contributed by atoms with E-state index in [0.717, 1.165) is 0 Å². The van der Waals surface area contributed by atoms with E-state index in [0.29, 0.717) is 0 Å². The van der Waals surface area contributed by atoms with Crippen LogP contribution in [0.2, 0.25) is 0 Å². The van der Waals surface area contributed by atoms with Gasteiger partial charge in [-0.25, -0.2) is 9.59 Å². The number of benzene rings is 1. The first-order chi connectivity index (χ1) is 8.00. The van der Waals surface area contributed by atoms with Crippen LogP contribution in [0.15, 0.2) is 24.3 Å². The fourth-order valence-corrected chi connectivity index (χ4v) is 1.11. The molecule has 0 atom stereocenters. The summed E-state index contributed by atoms with van der Waals surface area (Å²) in [5, 5.41) is 10.6. The summed E-state index contributed by atoms with van der Waals surface area (Å²) in [5.74, 6) is 0. The van der Waals surface area contributed by atoms with Crippen molar-refractivity contribution in [3.8, 4) is 0 Å². The maximum absolute atomic E-state index is 10.8. The second kappa shape index (κ2) is 5.80. The zero-order valence-electron chi connectivity index (χ0n) is 8.29. The summed E-state index contributed by atoms with van der Waals surface area (Å²) in [6, 6.07) is 5.69. The summed E-state index contributed by atoms with van der Waals surface area (Å²) < 4.78 is 8.33. The fourth-order valence-electron chi connectivity index (χ4n) is 1.04. The minimum Gasteiger partial charge on any atom is -0.429 e. The molecule has 7 nitrogen and oxygen atoms in total. The molecule has 0 heterocycles. The Morgan fingerprint density at radius 1 is 1.35 bits per heavy atom. The molecule has 0 saturated carbocycles. The molecule has 0 saturated heterocycles. The highest BCUT2D eigenvalue weighted by Crippen LogP contribution is 2.18. The first kappa shape index (κ1) is 12.9. The van der Waals surface area contributed by atoms with E-state index in [2.05, 4.69) is 9.47 Å². The molecule has 0 aliphatic rings. The molecular weight excluding hydrogens is 254 g/mol. The van der Waals surface area contributed by atoms with Crippen molar-refractivity contribution in [3.63, 3.8) is 0 Å². The van der Waals surface area contributed by atoms with Gasteiger partial charge in [0.05, 0.1) is 10.5 Å². The highest BCUT2D eigenvalue weighted by molar-refractivity contribution is 6.61. The van der Waals surface area contributed by atoms with Crippen molar-refractivity contribution in [2.45, 2.75) is 6.61 Å². The van der Waals surface area contributed by atoms with Gasteiger partial charge in [-0.1, -0.05) is 12.1 Å². The van der Waals surface area contributed by atoms with Crippen LogP contribution in [-0.4, -0.2) is 16.5 Å². The van der Waals surface area contributed by atoms with E-state index in [-0.39, 0.29) is 17.9 Å². The van der Waals surface area contributed by atoms with Gasteiger partial charge < -0.3 is 9.47 Å². The van der Waals surface area contributed by atoms with E-state index in [1.165, 1.54) is 18.2 Å². The third-order valence-electron chi connectivity index (χ3n) is 1.70. The Labute approximate surface area is 100 Å². The van der Waals surface area contributed by atoms with E-state index < -0.39 is 16.5 Å². The molecule has 0 fully saturated rings. The number of halogens is 1. The maximum atomic E-state index is 10.8. The summed E-state index contributed by atoms with van der Waals surface area (Å²) in [7, 11) is 0. The van der Waals surface area contributed by atoms with Crippen molar-refractivity contribution in [1.82, 2.24) is 0 Å². The highest BCUT2D eigenvalue weighted by Gasteiger charge is 2.15. The van der Waals surface area contributed by atoms with Gasteiger partial charge in [0.1, 0.15) is 6.61 Å². The molecule has 0 amide bonds. The van der Waals surface area contributed by atoms with Crippen LogP contribution in [0.5, 0.6) is 0 Å². The third kappa shape index (κ3) is 4.07. The number of nitrogens with zero attached hydrogens (tertiary/aromatic N) is 1. The minimum atomic E-state index is -1.34. The van der Waals surface area contributed by atoms with Gasteiger partial charge in [-0.2, -0.15) is 0 Å². The molecule has 0 aromatic heterocycles. The third-order valence-corrected chi connectivity index (χ3v) is 1.77. The Hall–Kier alpha value is -2.15. The number of carbonyl (C=O) groups is 2. The fraction of sp³-hybridized carbons (Fsp3) is 0.111. The summed E-state index contributed by atoms with van der Waals surface area (Å²) >= 11 is 4.77. The molecule has 0 bridgehead atoms. The molecule has 0 aliphatic carbocycles. The summed E-state index contributed by atoms with van der Waals surface area (Å²) in [6.07, 6.45) is -1.32. The molecule has 17 heavy (non-hydrogen) atoms. The number of para-hydroxylation sites is 1. The van der Waals surface area contributed by atoms with Crippen LogP contribution in [-0.2, 0) is 16.1 Å². The summed E-state index contributed by atoms with van der Waals surface area (Å²) in [6.45, 7) is -0.389. The van der Waals surface area contributed by atoms with Crippen LogP contribution in [0.4, 0.5) is 15.3 Å². The van der Waals surface area contributed by atoms with Crippen LogP contribution in [0.1, 0.15) is 5.56 Å². The smallest absolute Gasteiger partial charge is 0.429 e. The van der Waals surface area contributed by atoms with Crippen molar-refractivity contribution in [2.24, 2.45) is 0 Å². The van der Waals surface area contributed by atoms with Crippen LogP contribution in [0.3, 0.4) is 0 Å². The number of carbonyl (C=O) groups excluding carboxylic acids is 2. The van der Waals surface area contributed by atoms with E-state index in [1.807, 2.05) is 0 Å². The Morgan fingerprint density at radius 2 is 2.00 bits per heavy atom. The lowest BCUT2D eigenvalue weighted by Gasteiger charge is -2.03. The average Bonchev–Trinajstić information content (AvgIpc) is 2.25. The highest BCUT2D eigenvalue weighted by atomic mass is 35.5. The molecule has 1 aromatic carbocycles. The zero-order valence-corrected chi connectivity index (χ0v) is 9.05. The molecule has 0 aliphatic heterocycles. The molecule has 1 aromatic rings. The van der Waals surface area contributed by atoms with Gasteiger partial charge in [0, 0.05) is 17.7 Å². The monoisotopic (exact) mass is 259 g/mol. The largest absolute Gasteiger partial charge is 0.517 e. The minimum absolute atomic E-state index is 0.177. The van der Waals surface area contributed by atoms with Crippen LogP contribution < -0.4 is 0 Å². The van der Waals surface area contributed by atoms with Gasteiger partial charge in [-0.15, -0.1) is 0 Å².